The molecule has 3 N–H and O–H groups in total. The van der Waals surface area contributed by atoms with Gasteiger partial charge in [0.2, 0.25) is 10.0 Å². The number of nitrogens with zero attached hydrogens (tertiary/aromatic N) is 2. The number of amides is 1. The second-order valence-corrected chi connectivity index (χ2v) is 11.0. The number of thiocarbonyl (C=S) groups is 1. The van der Waals surface area contributed by atoms with Crippen LogP contribution in [-0.2, 0) is 10.0 Å². The van der Waals surface area contributed by atoms with Crippen molar-refractivity contribution in [2.24, 2.45) is 0 Å². The van der Waals surface area contributed by atoms with Gasteiger partial charge in [0.1, 0.15) is 5.82 Å². The number of anilines is 1. The Balaban J connectivity index is 1.63. The Labute approximate surface area is 199 Å². The van der Waals surface area contributed by atoms with Gasteiger partial charge in [-0.3, -0.25) is 15.6 Å². The maximum absolute atomic E-state index is 13.2. The van der Waals surface area contributed by atoms with Crippen molar-refractivity contribution in [2.45, 2.75) is 31.2 Å². The first kappa shape index (κ1) is 24.9. The van der Waals surface area contributed by atoms with Gasteiger partial charge in [-0.1, -0.05) is 6.07 Å². The maximum atomic E-state index is 13.2. The lowest BCUT2D eigenvalue weighted by Gasteiger charge is -2.35. The summed E-state index contributed by atoms with van der Waals surface area (Å²) in [6.45, 7) is 7.30. The van der Waals surface area contributed by atoms with E-state index in [9.17, 15) is 17.6 Å². The van der Waals surface area contributed by atoms with Gasteiger partial charge in [-0.15, -0.1) is 0 Å². The van der Waals surface area contributed by atoms with Gasteiger partial charge in [0.25, 0.3) is 5.91 Å². The quantitative estimate of drug-likeness (QED) is 0.444. The molecule has 0 bridgehead atoms. The highest BCUT2D eigenvalue weighted by Gasteiger charge is 2.29. The number of hydrogen-bond donors (Lipinski definition) is 3. The molecule has 0 aromatic heterocycles. The summed E-state index contributed by atoms with van der Waals surface area (Å²) in [5.74, 6) is -0.822. The molecular formula is C22H28FN5O3S2. The Morgan fingerprint density at radius 3 is 2.24 bits per heavy atom. The fourth-order valence-corrected chi connectivity index (χ4v) is 5.17. The van der Waals surface area contributed by atoms with Gasteiger partial charge in [0.05, 0.1) is 4.90 Å². The van der Waals surface area contributed by atoms with Crippen LogP contribution in [0.25, 0.3) is 0 Å². The molecule has 0 saturated carbocycles. The van der Waals surface area contributed by atoms with Crippen molar-refractivity contribution in [3.05, 3.63) is 59.9 Å². The Bertz CT molecular complexity index is 1110. The zero-order valence-electron chi connectivity index (χ0n) is 18.8. The van der Waals surface area contributed by atoms with Crippen molar-refractivity contribution < 1.29 is 17.6 Å². The monoisotopic (exact) mass is 493 g/mol. The Kier molecular flexibility index (Phi) is 7.55. The summed E-state index contributed by atoms with van der Waals surface area (Å²) in [5, 5.41) is 3.25. The highest BCUT2D eigenvalue weighted by molar-refractivity contribution is 7.89. The number of carbonyl (C=O) groups is 1. The maximum Gasteiger partial charge on any atom is 0.269 e. The largest absolute Gasteiger partial charge is 0.369 e. The molecule has 0 unspecified atom stereocenters. The predicted octanol–water partition coefficient (Wildman–Crippen LogP) is 2.24. The Morgan fingerprint density at radius 2 is 1.64 bits per heavy atom. The van der Waals surface area contributed by atoms with E-state index in [1.807, 2.05) is 25.7 Å². The second kappa shape index (κ2) is 10.0. The highest BCUT2D eigenvalue weighted by Crippen LogP contribution is 2.22. The molecule has 8 nitrogen and oxygen atoms in total. The number of carbonyl (C=O) groups excluding carboxylic acids is 1. The molecule has 1 aliphatic rings. The first-order valence-corrected chi connectivity index (χ1v) is 12.3. The molecule has 3 rings (SSSR count). The minimum Gasteiger partial charge on any atom is -0.369 e. The van der Waals surface area contributed by atoms with Gasteiger partial charge in [-0.05, 0) is 75.5 Å². The van der Waals surface area contributed by atoms with Crippen LogP contribution in [0, 0.1) is 5.82 Å². The summed E-state index contributed by atoms with van der Waals surface area (Å²) in [5.41, 5.74) is 5.85. The summed E-state index contributed by atoms with van der Waals surface area (Å²) in [6, 6.07) is 12.0. The first-order valence-electron chi connectivity index (χ1n) is 10.4. The van der Waals surface area contributed by atoms with Crippen molar-refractivity contribution in [1.82, 2.24) is 20.5 Å². The number of benzene rings is 2. The second-order valence-electron chi connectivity index (χ2n) is 8.68. The number of rotatable bonds is 4. The lowest BCUT2D eigenvalue weighted by atomic mass is 10.1. The third-order valence-corrected chi connectivity index (χ3v) is 7.04. The van der Waals surface area contributed by atoms with E-state index in [-0.39, 0.29) is 40.0 Å². The zero-order chi connectivity index (χ0) is 24.2. The van der Waals surface area contributed by atoms with Crippen molar-refractivity contribution >= 4 is 38.9 Å². The van der Waals surface area contributed by atoms with Crippen LogP contribution in [0.3, 0.4) is 0 Å². The van der Waals surface area contributed by atoms with Crippen LogP contribution < -0.4 is 21.1 Å². The summed E-state index contributed by atoms with van der Waals surface area (Å²) in [4.78, 5) is 14.5. The molecule has 1 heterocycles. The van der Waals surface area contributed by atoms with Gasteiger partial charge in [-0.2, -0.15) is 4.31 Å². The SMILES string of the molecule is CC(C)(C)NC(=S)NNC(=O)c1cccc(S(=O)(=O)N2CCN(c3ccc(F)cc3)CC2)c1. The predicted molar refractivity (Wildman–Crippen MR) is 130 cm³/mol. The summed E-state index contributed by atoms with van der Waals surface area (Å²) in [6.07, 6.45) is 0. The van der Waals surface area contributed by atoms with E-state index in [0.717, 1.165) is 5.69 Å². The molecule has 33 heavy (non-hydrogen) atoms. The lowest BCUT2D eigenvalue weighted by molar-refractivity contribution is 0.0943. The van der Waals surface area contributed by atoms with E-state index in [1.54, 1.807) is 12.1 Å². The molecule has 178 valence electrons. The van der Waals surface area contributed by atoms with Crippen LogP contribution in [0.2, 0.25) is 0 Å². The number of piperazine rings is 1. The van der Waals surface area contributed by atoms with E-state index in [0.29, 0.717) is 13.1 Å². The fraction of sp³-hybridized carbons (Fsp3) is 0.364. The van der Waals surface area contributed by atoms with Crippen LogP contribution in [0.15, 0.2) is 53.4 Å². The van der Waals surface area contributed by atoms with Gasteiger partial charge >= 0.3 is 0 Å². The minimum absolute atomic E-state index is 0.0424. The normalized spacial score (nSPS) is 15.1. The molecule has 0 atom stereocenters. The molecule has 1 aliphatic heterocycles. The van der Waals surface area contributed by atoms with E-state index in [1.165, 1.54) is 40.7 Å². The molecule has 0 aliphatic carbocycles. The summed E-state index contributed by atoms with van der Waals surface area (Å²) >= 11 is 5.13. The van der Waals surface area contributed by atoms with E-state index < -0.39 is 15.9 Å². The summed E-state index contributed by atoms with van der Waals surface area (Å²) < 4.78 is 40.9. The smallest absolute Gasteiger partial charge is 0.269 e. The van der Waals surface area contributed by atoms with E-state index in [4.69, 9.17) is 12.2 Å². The Hall–Kier alpha value is -2.76. The van der Waals surface area contributed by atoms with Crippen molar-refractivity contribution in [2.75, 3.05) is 31.1 Å². The zero-order valence-corrected chi connectivity index (χ0v) is 20.4. The van der Waals surface area contributed by atoms with Gasteiger partial charge in [0.15, 0.2) is 5.11 Å². The highest BCUT2D eigenvalue weighted by atomic mass is 32.2. The molecule has 1 saturated heterocycles. The molecule has 2 aromatic carbocycles. The molecule has 1 fully saturated rings. The molecule has 1 amide bonds. The van der Waals surface area contributed by atoms with Crippen LogP contribution >= 0.6 is 12.2 Å². The third-order valence-electron chi connectivity index (χ3n) is 4.94. The number of halogens is 1. The van der Waals surface area contributed by atoms with Crippen LogP contribution in [0.1, 0.15) is 31.1 Å². The molecule has 0 radical (unpaired) electrons. The van der Waals surface area contributed by atoms with Crippen molar-refractivity contribution in [3.63, 3.8) is 0 Å². The average Bonchev–Trinajstić information content (AvgIpc) is 2.77. The molecule has 2 aromatic rings. The number of sulfonamides is 1. The van der Waals surface area contributed by atoms with E-state index >= 15 is 0 Å². The van der Waals surface area contributed by atoms with Crippen molar-refractivity contribution in [1.29, 1.82) is 0 Å². The fourth-order valence-electron chi connectivity index (χ4n) is 3.34. The van der Waals surface area contributed by atoms with Crippen molar-refractivity contribution in [3.8, 4) is 0 Å². The lowest BCUT2D eigenvalue weighted by Crippen LogP contribution is -2.52. The molecule has 0 spiro atoms. The van der Waals surface area contributed by atoms with E-state index in [2.05, 4.69) is 16.2 Å². The third kappa shape index (κ3) is 6.62. The van der Waals surface area contributed by atoms with Crippen LogP contribution in [0.4, 0.5) is 10.1 Å². The van der Waals surface area contributed by atoms with Gasteiger partial charge < -0.3 is 10.2 Å². The molecule has 11 heteroatoms. The standard InChI is InChI=1S/C22H28FN5O3S2/c1-22(2,3)24-21(32)26-25-20(29)16-5-4-6-19(15-16)33(30,31)28-13-11-27(12-14-28)18-9-7-17(23)8-10-18/h4-10,15H,11-14H2,1-3H3,(H,25,29)(H2,24,26,32). The van der Waals surface area contributed by atoms with Gasteiger partial charge in [-0.25, -0.2) is 12.8 Å². The first-order chi connectivity index (χ1) is 15.5. The minimum atomic E-state index is -3.78. The summed E-state index contributed by atoms with van der Waals surface area (Å²) in [7, 11) is -3.78. The van der Waals surface area contributed by atoms with Gasteiger partial charge in [0, 0.05) is 43.0 Å². The molecular weight excluding hydrogens is 465 g/mol. The number of nitrogens with one attached hydrogen (secondary N) is 3. The number of hydrazine groups is 1. The van der Waals surface area contributed by atoms with Crippen LogP contribution in [0.5, 0.6) is 0 Å². The Morgan fingerprint density at radius 1 is 1.00 bits per heavy atom. The number of hydrogen-bond acceptors (Lipinski definition) is 5. The topological polar surface area (TPSA) is 93.8 Å². The van der Waals surface area contributed by atoms with Crippen LogP contribution in [-0.4, -0.2) is 55.5 Å². The average molecular weight is 494 g/mol.